The molecule has 1 N–H and O–H groups in total. The molecule has 1 aliphatic carbocycles. The van der Waals surface area contributed by atoms with E-state index in [1.807, 2.05) is 46.9 Å². The molecule has 2 aromatic rings. The summed E-state index contributed by atoms with van der Waals surface area (Å²) in [7, 11) is 0. The van der Waals surface area contributed by atoms with Gasteiger partial charge in [0.2, 0.25) is 0 Å². The monoisotopic (exact) mass is 470 g/mol. The number of halogens is 2. The molecule has 5 nitrogen and oxygen atoms in total. The van der Waals surface area contributed by atoms with E-state index in [2.05, 4.69) is 5.32 Å². The normalized spacial score (nSPS) is 15.3. The molecule has 1 fully saturated rings. The maximum absolute atomic E-state index is 12.6. The lowest BCUT2D eigenvalue weighted by Gasteiger charge is -2.42. The topological polar surface area (TPSA) is 72.2 Å². The van der Waals surface area contributed by atoms with Crippen molar-refractivity contribution in [3.8, 4) is 0 Å². The first kappa shape index (κ1) is 18.1. The van der Waals surface area contributed by atoms with Gasteiger partial charge in [0.25, 0.3) is 11.6 Å². The van der Waals surface area contributed by atoms with Gasteiger partial charge in [-0.1, -0.05) is 30.2 Å². The Labute approximate surface area is 164 Å². The van der Waals surface area contributed by atoms with Gasteiger partial charge < -0.3 is 5.32 Å². The molecule has 0 saturated heterocycles. The number of nitrogens with one attached hydrogen (secondary N) is 1. The van der Waals surface area contributed by atoms with Crippen molar-refractivity contribution in [2.24, 2.45) is 0 Å². The van der Waals surface area contributed by atoms with Crippen LogP contribution in [0.3, 0.4) is 0 Å². The van der Waals surface area contributed by atoms with Crippen LogP contribution in [0.4, 0.5) is 5.69 Å². The van der Waals surface area contributed by atoms with E-state index in [4.69, 9.17) is 11.6 Å². The molecule has 0 radical (unpaired) electrons. The number of benzene rings is 2. The van der Waals surface area contributed by atoms with E-state index in [0.29, 0.717) is 20.7 Å². The lowest BCUT2D eigenvalue weighted by atomic mass is 9.64. The zero-order chi connectivity index (χ0) is 18.0. The highest BCUT2D eigenvalue weighted by Gasteiger charge is 2.39. The fraction of sp³-hybridized carbons (Fsp3) is 0.278. The number of carbonyl (C=O) groups excluding carboxylic acids is 1. The molecule has 2 aromatic carbocycles. The average molecular weight is 471 g/mol. The Hall–Kier alpha value is -1.67. The molecule has 0 aromatic heterocycles. The minimum atomic E-state index is -0.492. The first-order chi connectivity index (χ1) is 11.9. The molecule has 25 heavy (non-hydrogen) atoms. The number of hydrogen-bond donors (Lipinski definition) is 1. The van der Waals surface area contributed by atoms with Crippen molar-refractivity contribution in [2.75, 3.05) is 6.54 Å². The fourth-order valence-electron chi connectivity index (χ4n) is 3.12. The highest BCUT2D eigenvalue weighted by atomic mass is 127. The molecule has 0 aliphatic heterocycles. The third kappa shape index (κ3) is 3.79. The van der Waals surface area contributed by atoms with E-state index < -0.39 is 4.92 Å². The first-order valence-electron chi connectivity index (χ1n) is 7.89. The van der Waals surface area contributed by atoms with E-state index in [1.165, 1.54) is 12.1 Å². The van der Waals surface area contributed by atoms with E-state index in [-0.39, 0.29) is 17.0 Å². The van der Waals surface area contributed by atoms with E-state index in [9.17, 15) is 14.9 Å². The van der Waals surface area contributed by atoms with Crippen LogP contribution in [-0.4, -0.2) is 17.4 Å². The van der Waals surface area contributed by atoms with Gasteiger partial charge in [0.1, 0.15) is 0 Å². The molecule has 1 aliphatic rings. The highest BCUT2D eigenvalue weighted by molar-refractivity contribution is 14.1. The number of amides is 1. The molecular weight excluding hydrogens is 455 g/mol. The molecule has 1 saturated carbocycles. The van der Waals surface area contributed by atoms with Crippen LogP contribution < -0.4 is 5.32 Å². The van der Waals surface area contributed by atoms with Crippen LogP contribution in [-0.2, 0) is 5.41 Å². The Morgan fingerprint density at radius 2 is 1.92 bits per heavy atom. The molecule has 0 spiro atoms. The number of nitrogens with zero attached hydrogens (tertiary/aromatic N) is 1. The van der Waals surface area contributed by atoms with Crippen molar-refractivity contribution < 1.29 is 9.72 Å². The zero-order valence-corrected chi connectivity index (χ0v) is 16.2. The number of nitro groups is 1. The summed E-state index contributed by atoms with van der Waals surface area (Å²) >= 11 is 7.98. The van der Waals surface area contributed by atoms with Crippen LogP contribution >= 0.6 is 34.2 Å². The van der Waals surface area contributed by atoms with Crippen LogP contribution in [0.25, 0.3) is 0 Å². The third-order valence-corrected chi connectivity index (χ3v) is 5.95. The van der Waals surface area contributed by atoms with Crippen LogP contribution in [0.2, 0.25) is 5.02 Å². The summed E-state index contributed by atoms with van der Waals surface area (Å²) < 4.78 is 0.690. The first-order valence-corrected chi connectivity index (χ1v) is 9.35. The van der Waals surface area contributed by atoms with Crippen molar-refractivity contribution in [3.05, 3.63) is 72.3 Å². The molecule has 0 heterocycles. The smallest absolute Gasteiger partial charge is 0.270 e. The minimum Gasteiger partial charge on any atom is -0.351 e. The van der Waals surface area contributed by atoms with Crippen LogP contribution in [0, 0.1) is 13.7 Å². The predicted octanol–water partition coefficient (Wildman–Crippen LogP) is 4.70. The van der Waals surface area contributed by atoms with Crippen molar-refractivity contribution in [1.82, 2.24) is 5.32 Å². The Balaban J connectivity index is 1.76. The van der Waals surface area contributed by atoms with Crippen LogP contribution in [0.5, 0.6) is 0 Å². The number of hydrogen-bond acceptors (Lipinski definition) is 3. The van der Waals surface area contributed by atoms with E-state index in [1.54, 1.807) is 6.07 Å². The SMILES string of the molecule is O=C(NCC1(c2ccc(Cl)cc2)CCC1)c1cc([N+](=O)[O-])ccc1I. The van der Waals surface area contributed by atoms with Gasteiger partial charge in [-0.05, 0) is 59.2 Å². The summed E-state index contributed by atoms with van der Waals surface area (Å²) in [6.45, 7) is 0.506. The summed E-state index contributed by atoms with van der Waals surface area (Å²) in [4.78, 5) is 23.0. The lowest BCUT2D eigenvalue weighted by Crippen LogP contribution is -2.45. The number of nitro benzene ring substituents is 1. The van der Waals surface area contributed by atoms with E-state index >= 15 is 0 Å². The fourth-order valence-corrected chi connectivity index (χ4v) is 3.83. The standard InChI is InChI=1S/C18H16ClIN2O3/c19-13-4-2-12(3-5-13)18(8-1-9-18)11-21-17(23)15-10-14(22(24)25)6-7-16(15)20/h2-7,10H,1,8-9,11H2,(H,21,23). The minimum absolute atomic E-state index is 0.0770. The average Bonchev–Trinajstić information content (AvgIpc) is 2.55. The van der Waals surface area contributed by atoms with Gasteiger partial charge in [-0.3, -0.25) is 14.9 Å². The Kier molecular flexibility index (Phi) is 5.29. The predicted molar refractivity (Wildman–Crippen MR) is 105 cm³/mol. The van der Waals surface area contributed by atoms with E-state index in [0.717, 1.165) is 24.8 Å². The quantitative estimate of drug-likeness (QED) is 0.391. The Bertz CT molecular complexity index is 820. The Morgan fingerprint density at radius 3 is 2.48 bits per heavy atom. The van der Waals surface area contributed by atoms with Crippen molar-refractivity contribution >= 4 is 45.8 Å². The van der Waals surface area contributed by atoms with Gasteiger partial charge in [0, 0.05) is 32.7 Å². The largest absolute Gasteiger partial charge is 0.351 e. The maximum atomic E-state index is 12.6. The van der Waals surface area contributed by atoms with Gasteiger partial charge in [0.05, 0.1) is 10.5 Å². The Morgan fingerprint density at radius 1 is 1.24 bits per heavy atom. The lowest BCUT2D eigenvalue weighted by molar-refractivity contribution is -0.384. The summed E-state index contributed by atoms with van der Waals surface area (Å²) in [6, 6.07) is 12.1. The highest BCUT2D eigenvalue weighted by Crippen LogP contribution is 2.43. The molecule has 3 rings (SSSR count). The summed E-state index contributed by atoms with van der Waals surface area (Å²) in [5.74, 6) is -0.284. The molecule has 130 valence electrons. The maximum Gasteiger partial charge on any atom is 0.270 e. The molecule has 1 amide bonds. The van der Waals surface area contributed by atoms with Gasteiger partial charge in [-0.25, -0.2) is 0 Å². The second kappa shape index (κ2) is 7.29. The van der Waals surface area contributed by atoms with Crippen LogP contribution in [0.1, 0.15) is 35.2 Å². The van der Waals surface area contributed by atoms with Crippen molar-refractivity contribution in [1.29, 1.82) is 0 Å². The number of non-ortho nitro benzene ring substituents is 1. The third-order valence-electron chi connectivity index (χ3n) is 4.76. The van der Waals surface area contributed by atoms with Crippen molar-refractivity contribution in [2.45, 2.75) is 24.7 Å². The molecule has 0 bridgehead atoms. The van der Waals surface area contributed by atoms with Gasteiger partial charge in [-0.15, -0.1) is 0 Å². The summed E-state index contributed by atoms with van der Waals surface area (Å²) in [5.41, 5.74) is 1.34. The number of carbonyl (C=O) groups is 1. The number of rotatable bonds is 5. The summed E-state index contributed by atoms with van der Waals surface area (Å²) in [5, 5.41) is 14.6. The van der Waals surface area contributed by atoms with Crippen LogP contribution in [0.15, 0.2) is 42.5 Å². The van der Waals surface area contributed by atoms with Gasteiger partial charge >= 0.3 is 0 Å². The second-order valence-electron chi connectivity index (χ2n) is 6.24. The zero-order valence-electron chi connectivity index (χ0n) is 13.3. The van der Waals surface area contributed by atoms with Gasteiger partial charge in [-0.2, -0.15) is 0 Å². The van der Waals surface area contributed by atoms with Crippen molar-refractivity contribution in [3.63, 3.8) is 0 Å². The molecular formula is C18H16ClIN2O3. The molecule has 0 atom stereocenters. The second-order valence-corrected chi connectivity index (χ2v) is 7.84. The molecule has 7 heteroatoms. The van der Waals surface area contributed by atoms with Gasteiger partial charge in [0.15, 0.2) is 0 Å². The molecule has 0 unspecified atom stereocenters. The summed E-state index contributed by atoms with van der Waals surface area (Å²) in [6.07, 6.45) is 3.12.